The fourth-order valence-corrected chi connectivity index (χ4v) is 10.9. The minimum atomic E-state index is -1.01. The fraction of sp³-hybridized carbons (Fsp3) is 0.333. The molecule has 0 aromatic heterocycles. The lowest BCUT2D eigenvalue weighted by molar-refractivity contribution is -0.144. The quantitative estimate of drug-likeness (QED) is 0.0100. The van der Waals surface area contributed by atoms with E-state index in [0.29, 0.717) is 60.8 Å². The number of rotatable bonds is 32. The van der Waals surface area contributed by atoms with Crippen LogP contribution in [0, 0.1) is 11.6 Å². The second kappa shape index (κ2) is 36.0. The van der Waals surface area contributed by atoms with Gasteiger partial charge in [0.15, 0.2) is 0 Å². The molecule has 0 unspecified atom stereocenters. The van der Waals surface area contributed by atoms with Gasteiger partial charge in [-0.3, -0.25) is 28.8 Å². The highest BCUT2D eigenvalue weighted by molar-refractivity contribution is 6.08. The number of methoxy groups -OCH3 is 2. The molecule has 6 N–H and O–H groups in total. The van der Waals surface area contributed by atoms with Crippen LogP contribution in [-0.4, -0.2) is 122 Å². The monoisotopic (exact) mass is 1320 g/mol. The lowest BCUT2D eigenvalue weighted by Crippen LogP contribution is -2.41. The van der Waals surface area contributed by atoms with Crippen LogP contribution in [0.4, 0.5) is 18.4 Å². The first kappa shape index (κ1) is 71.1. The zero-order valence-corrected chi connectivity index (χ0v) is 53.5. The minimum absolute atomic E-state index is 0.000488. The molecule has 2 aliphatic rings. The van der Waals surface area contributed by atoms with Crippen LogP contribution < -0.4 is 31.9 Å². The van der Waals surface area contributed by atoms with E-state index in [1.165, 1.54) is 38.5 Å². The van der Waals surface area contributed by atoms with Crippen LogP contribution in [0.15, 0.2) is 146 Å². The molecule has 22 nitrogen and oxygen atoms in total. The molecule has 8 amide bonds. The highest BCUT2D eigenvalue weighted by Gasteiger charge is 2.31. The van der Waals surface area contributed by atoms with Crippen LogP contribution in [0.2, 0.25) is 0 Å². The van der Waals surface area contributed by atoms with Gasteiger partial charge in [-0.15, -0.1) is 0 Å². The van der Waals surface area contributed by atoms with Crippen LogP contribution in [-0.2, 0) is 90.4 Å². The Morgan fingerprint density at radius 3 is 1.07 bits per heavy atom. The first-order chi connectivity index (χ1) is 46.4. The Morgan fingerprint density at radius 1 is 0.427 bits per heavy atom. The number of unbranched alkanes of at least 4 members (excludes halogenated alkanes) is 2. The minimum Gasteiger partial charge on any atom is -0.467 e. The molecular formula is C72H78F2N8O14. The summed E-state index contributed by atoms with van der Waals surface area (Å²) < 4.78 is 47.5. The Balaban J connectivity index is 0.848. The number of halogens is 2. The summed E-state index contributed by atoms with van der Waals surface area (Å²) in [6.45, 7) is 1.18. The summed E-state index contributed by atoms with van der Waals surface area (Å²) in [7, 11) is 2.41. The van der Waals surface area contributed by atoms with Gasteiger partial charge < -0.3 is 60.6 Å². The number of nitrogens with zero attached hydrogens (tertiary/aromatic N) is 2. The lowest BCUT2D eigenvalue weighted by Gasteiger charge is -2.17. The van der Waals surface area contributed by atoms with Crippen LogP contribution in [0.3, 0.4) is 0 Å². The maximum Gasteiger partial charge on any atom is 0.408 e. The largest absolute Gasteiger partial charge is 0.467 e. The Hall–Kier alpha value is -10.8. The molecule has 96 heavy (non-hydrogen) atoms. The summed E-state index contributed by atoms with van der Waals surface area (Å²) in [4.78, 5) is 137. The van der Waals surface area contributed by atoms with E-state index in [2.05, 4.69) is 31.9 Å². The van der Waals surface area contributed by atoms with E-state index in [9.17, 15) is 56.7 Å². The van der Waals surface area contributed by atoms with Crippen molar-refractivity contribution in [3.8, 4) is 0 Å². The average molecular weight is 1320 g/mol. The highest BCUT2D eigenvalue weighted by Crippen LogP contribution is 2.30. The van der Waals surface area contributed by atoms with Gasteiger partial charge in [-0.25, -0.2) is 28.0 Å². The number of fused-ring (bicyclic) bond motifs is 2. The van der Waals surface area contributed by atoms with E-state index in [4.69, 9.17) is 18.9 Å². The van der Waals surface area contributed by atoms with Crippen LogP contribution in [0.1, 0.15) is 137 Å². The average Bonchev–Trinajstić information content (AvgIpc) is 1.61. The van der Waals surface area contributed by atoms with Crippen molar-refractivity contribution in [3.63, 3.8) is 0 Å². The Morgan fingerprint density at radius 2 is 0.750 bits per heavy atom. The van der Waals surface area contributed by atoms with Gasteiger partial charge in [-0.05, 0) is 144 Å². The lowest BCUT2D eigenvalue weighted by atomic mass is 9.98. The zero-order chi connectivity index (χ0) is 68.3. The van der Waals surface area contributed by atoms with Gasteiger partial charge in [-0.1, -0.05) is 97.1 Å². The number of hydrogen-bond acceptors (Lipinski definition) is 14. The van der Waals surface area contributed by atoms with E-state index in [0.717, 1.165) is 22.3 Å². The third kappa shape index (κ3) is 21.4. The normalized spacial score (nSPS) is 12.7. The summed E-state index contributed by atoms with van der Waals surface area (Å²) in [6.07, 6.45) is 4.10. The maximum absolute atomic E-state index is 13.9. The van der Waals surface area contributed by atoms with Crippen molar-refractivity contribution in [2.24, 2.45) is 0 Å². The number of alkyl carbamates (subject to hydrolysis) is 2. The Labute approximate surface area is 554 Å². The van der Waals surface area contributed by atoms with E-state index in [1.807, 2.05) is 12.1 Å². The van der Waals surface area contributed by atoms with Crippen molar-refractivity contribution >= 4 is 59.6 Å². The maximum atomic E-state index is 13.9. The third-order valence-corrected chi connectivity index (χ3v) is 16.2. The second-order valence-electron chi connectivity index (χ2n) is 23.0. The van der Waals surface area contributed by atoms with Gasteiger partial charge in [0.2, 0.25) is 11.8 Å². The molecule has 0 radical (unpaired) electrons. The van der Waals surface area contributed by atoms with Crippen molar-refractivity contribution in [1.29, 1.82) is 0 Å². The van der Waals surface area contributed by atoms with Gasteiger partial charge in [0.25, 0.3) is 23.6 Å². The smallest absolute Gasteiger partial charge is 0.408 e. The molecule has 0 fully saturated rings. The van der Waals surface area contributed by atoms with Crippen molar-refractivity contribution in [2.75, 3.05) is 40.4 Å². The second-order valence-corrected chi connectivity index (χ2v) is 23.0. The molecule has 504 valence electrons. The van der Waals surface area contributed by atoms with E-state index in [-0.39, 0.29) is 125 Å². The predicted octanol–water partition coefficient (Wildman–Crippen LogP) is 8.37. The van der Waals surface area contributed by atoms with Gasteiger partial charge in [0.05, 0.1) is 36.5 Å². The SMILES string of the molecule is COC(=O)[C@H](CCCCNC(=O)c1cc2c(cc1C(=O)NCCc1ccc(F)cc1)CN(C(=O)C/C=C/CC(=O)N1Cc3cc(C(=O)NCCCC[C@H](NC(=O)OCc4ccccc4)C(=O)OC)c(C(=O)NCCc4ccc(F)cc4)cc3C1)C2)NC(=O)OCc1ccccc1. The zero-order valence-electron chi connectivity index (χ0n) is 53.5. The summed E-state index contributed by atoms with van der Waals surface area (Å²) in [5.41, 5.74) is 6.01. The van der Waals surface area contributed by atoms with Gasteiger partial charge in [0.1, 0.15) is 36.9 Å². The highest BCUT2D eigenvalue weighted by atomic mass is 19.1. The molecule has 0 bridgehead atoms. The number of esters is 2. The molecule has 2 atom stereocenters. The summed E-state index contributed by atoms with van der Waals surface area (Å²) >= 11 is 0. The number of amides is 8. The van der Waals surface area contributed by atoms with Crippen LogP contribution in [0.25, 0.3) is 0 Å². The number of ether oxygens (including phenoxy) is 4. The first-order valence-electron chi connectivity index (χ1n) is 31.7. The summed E-state index contributed by atoms with van der Waals surface area (Å²) in [5, 5.41) is 16.5. The fourth-order valence-electron chi connectivity index (χ4n) is 10.9. The summed E-state index contributed by atoms with van der Waals surface area (Å²) in [5.74, 6) is -4.86. The standard InChI is InChI=1S/C72H78F2N8O14/c1-93-69(89)61(79-71(91)95-45-49-15-5-3-6-16-49)19-11-13-33-75-65(85)57-37-51-41-81(43-53(51)39-59(57)67(87)77-35-31-47-23-27-55(73)28-24-47)63(83)21-9-10-22-64(84)82-42-52-38-58(60(40-54(52)44-82)68(88)78-36-32-48-25-29-56(74)30-26-48)66(86)76-34-14-12-20-62(70(90)94-2)80-72(92)96-46-50-17-7-4-8-18-50/h3-10,15-18,23-30,37-40,61-62H,11-14,19-22,31-36,41-46H2,1-2H3,(H,75,85)(H,76,86)(H,77,87)(H,78,88)(H,79,91)(H,80,92)/b10-9+/t61-,62-/m0/s1. The number of carbonyl (C=O) groups is 10. The molecular weight excluding hydrogens is 1240 g/mol. The van der Waals surface area contributed by atoms with Gasteiger partial charge >= 0.3 is 24.1 Å². The molecule has 0 aliphatic carbocycles. The number of carbonyl (C=O) groups excluding carboxylic acids is 10. The molecule has 6 aromatic carbocycles. The topological polar surface area (TPSA) is 286 Å². The van der Waals surface area contributed by atoms with Crippen molar-refractivity contribution in [2.45, 2.75) is 116 Å². The molecule has 0 spiro atoms. The predicted molar refractivity (Wildman–Crippen MR) is 348 cm³/mol. The van der Waals surface area contributed by atoms with Crippen LogP contribution in [0.5, 0.6) is 0 Å². The Bertz CT molecular complexity index is 3520. The number of nitrogens with one attached hydrogen (secondary N) is 6. The molecule has 2 heterocycles. The molecule has 6 aromatic rings. The molecule has 24 heteroatoms. The van der Waals surface area contributed by atoms with E-state index < -0.39 is 71.5 Å². The molecule has 0 saturated carbocycles. The van der Waals surface area contributed by atoms with E-state index in [1.54, 1.807) is 119 Å². The number of benzene rings is 6. The third-order valence-electron chi connectivity index (χ3n) is 16.2. The van der Waals surface area contributed by atoms with Crippen LogP contribution >= 0.6 is 0 Å². The van der Waals surface area contributed by atoms with Crippen molar-refractivity contribution < 1.29 is 75.7 Å². The van der Waals surface area contributed by atoms with Crippen molar-refractivity contribution in [3.05, 3.63) is 224 Å². The summed E-state index contributed by atoms with van der Waals surface area (Å²) in [6, 6.07) is 34.2. The molecule has 2 aliphatic heterocycles. The Kier molecular flexibility index (Phi) is 26.7. The first-order valence-corrected chi connectivity index (χ1v) is 31.7. The van der Waals surface area contributed by atoms with Gasteiger partial charge in [-0.2, -0.15) is 0 Å². The van der Waals surface area contributed by atoms with Crippen molar-refractivity contribution in [1.82, 2.24) is 41.7 Å². The number of hydrogen-bond donors (Lipinski definition) is 6. The van der Waals surface area contributed by atoms with Gasteiger partial charge in [0, 0.05) is 65.2 Å². The van der Waals surface area contributed by atoms with E-state index >= 15 is 0 Å². The molecule has 0 saturated heterocycles. The molecule has 8 rings (SSSR count).